The molecule has 8 nitrogen and oxygen atoms in total. The molecule has 50 heavy (non-hydrogen) atoms. The number of pyridine rings is 1. The molecule has 1 aromatic heterocycles. The van der Waals surface area contributed by atoms with Gasteiger partial charge in [-0.2, -0.15) is 0 Å². The summed E-state index contributed by atoms with van der Waals surface area (Å²) in [6, 6.07) is 29.6. The van der Waals surface area contributed by atoms with Gasteiger partial charge in [-0.25, -0.2) is 4.79 Å². The molecular formula is C40H46ClN5O3S. The van der Waals surface area contributed by atoms with Gasteiger partial charge >= 0.3 is 6.09 Å². The summed E-state index contributed by atoms with van der Waals surface area (Å²) >= 11 is 8.13. The van der Waals surface area contributed by atoms with Gasteiger partial charge in [0.05, 0.1) is 5.69 Å². The lowest BCUT2D eigenvalue weighted by atomic mass is 9.88. The first kappa shape index (κ1) is 35.9. The maximum absolute atomic E-state index is 14.2. The van der Waals surface area contributed by atoms with Crippen molar-refractivity contribution in [2.24, 2.45) is 5.92 Å². The van der Waals surface area contributed by atoms with Gasteiger partial charge in [-0.3, -0.25) is 14.7 Å². The molecule has 2 amide bonds. The van der Waals surface area contributed by atoms with Crippen molar-refractivity contribution in [1.29, 1.82) is 0 Å². The number of aromatic nitrogens is 1. The minimum atomic E-state index is -0.636. The molecule has 3 heterocycles. The largest absolute Gasteiger partial charge is 0.445 e. The minimum Gasteiger partial charge on any atom is -0.445 e. The molecule has 1 atom stereocenters. The number of piperidine rings is 1. The van der Waals surface area contributed by atoms with Crippen molar-refractivity contribution in [3.05, 3.63) is 119 Å². The standard InChI is InChI=1S/C40H46ClN5O3S/c1-50-37-13-8-19-42-36(37)28-45-23-25-46(26-24-45)39(47)38(43-40(48)49-29-30-9-4-2-5-10-30)32-16-20-44(21-17-32)22-18-33-27-34(41)14-15-35(33)31-11-6-3-7-12-31/h2-15,19,27,32,38H,16-18,20-26,28-29H2,1H3,(H,43,48)/t38-/m1/s1. The Bertz CT molecular complexity index is 1700. The summed E-state index contributed by atoms with van der Waals surface area (Å²) in [6.45, 7) is 6.26. The zero-order valence-electron chi connectivity index (χ0n) is 28.7. The van der Waals surface area contributed by atoms with E-state index in [9.17, 15) is 9.59 Å². The lowest BCUT2D eigenvalue weighted by molar-refractivity contribution is -0.137. The van der Waals surface area contributed by atoms with Crippen LogP contribution in [0.5, 0.6) is 0 Å². The van der Waals surface area contributed by atoms with Gasteiger partial charge in [-0.05, 0) is 91.0 Å². The fourth-order valence-corrected chi connectivity index (χ4v) is 7.75. The maximum Gasteiger partial charge on any atom is 0.408 e. The number of benzene rings is 3. The average molecular weight is 712 g/mol. The summed E-state index contributed by atoms with van der Waals surface area (Å²) in [5.41, 5.74) is 5.60. The molecule has 2 saturated heterocycles. The molecule has 2 fully saturated rings. The number of halogens is 1. The second-order valence-electron chi connectivity index (χ2n) is 13.0. The molecule has 6 rings (SSSR count). The van der Waals surface area contributed by atoms with E-state index in [-0.39, 0.29) is 18.4 Å². The highest BCUT2D eigenvalue weighted by atomic mass is 35.5. The maximum atomic E-state index is 14.2. The predicted molar refractivity (Wildman–Crippen MR) is 201 cm³/mol. The minimum absolute atomic E-state index is 0.0183. The van der Waals surface area contributed by atoms with Crippen molar-refractivity contribution < 1.29 is 14.3 Å². The number of hydrogen-bond donors (Lipinski definition) is 1. The van der Waals surface area contributed by atoms with Gasteiger partial charge in [0, 0.05) is 55.4 Å². The summed E-state index contributed by atoms with van der Waals surface area (Å²) in [5.74, 6) is -0.00130. The Hall–Kier alpha value is -3.89. The molecule has 1 N–H and O–H groups in total. The smallest absolute Gasteiger partial charge is 0.408 e. The van der Waals surface area contributed by atoms with Crippen molar-refractivity contribution in [3.8, 4) is 11.1 Å². The van der Waals surface area contributed by atoms with E-state index in [0.29, 0.717) is 13.1 Å². The van der Waals surface area contributed by atoms with Crippen LogP contribution in [0.2, 0.25) is 5.02 Å². The lowest BCUT2D eigenvalue weighted by Gasteiger charge is -2.40. The van der Waals surface area contributed by atoms with E-state index in [1.165, 1.54) is 21.6 Å². The highest BCUT2D eigenvalue weighted by molar-refractivity contribution is 7.98. The van der Waals surface area contributed by atoms with Gasteiger partial charge in [0.2, 0.25) is 5.91 Å². The van der Waals surface area contributed by atoms with E-state index in [1.807, 2.05) is 59.6 Å². The highest BCUT2D eigenvalue weighted by Gasteiger charge is 2.36. The van der Waals surface area contributed by atoms with Crippen molar-refractivity contribution in [2.75, 3.05) is 52.1 Å². The third-order valence-corrected chi connectivity index (χ3v) is 10.9. The number of ether oxygens (including phenoxy) is 1. The molecular weight excluding hydrogens is 666 g/mol. The SMILES string of the molecule is CSc1cccnc1CN1CCN(C(=O)[C@H](NC(=O)OCc2ccccc2)C2CCN(CCc3cc(Cl)ccc3-c3ccccc3)CC2)CC1. The molecule has 3 aromatic carbocycles. The Morgan fingerprint density at radius 1 is 0.900 bits per heavy atom. The lowest BCUT2D eigenvalue weighted by Crippen LogP contribution is -2.58. The molecule has 0 radical (unpaired) electrons. The summed E-state index contributed by atoms with van der Waals surface area (Å²) in [7, 11) is 0. The topological polar surface area (TPSA) is 78.0 Å². The van der Waals surface area contributed by atoms with Crippen LogP contribution >= 0.6 is 23.4 Å². The van der Waals surface area contributed by atoms with Crippen LogP contribution in [-0.4, -0.2) is 89.8 Å². The van der Waals surface area contributed by atoms with Gasteiger partial charge in [0.25, 0.3) is 0 Å². The highest BCUT2D eigenvalue weighted by Crippen LogP contribution is 2.29. The van der Waals surface area contributed by atoms with Crippen LogP contribution in [0.3, 0.4) is 0 Å². The number of rotatable bonds is 12. The van der Waals surface area contributed by atoms with Gasteiger partial charge in [-0.15, -0.1) is 11.8 Å². The van der Waals surface area contributed by atoms with E-state index < -0.39 is 12.1 Å². The fraction of sp³-hybridized carbons (Fsp3) is 0.375. The number of alkyl carbamates (subject to hydrolysis) is 1. The van der Waals surface area contributed by atoms with E-state index in [4.69, 9.17) is 16.3 Å². The van der Waals surface area contributed by atoms with Crippen LogP contribution in [0.1, 0.15) is 29.7 Å². The number of likely N-dealkylation sites (tertiary alicyclic amines) is 1. The van der Waals surface area contributed by atoms with Crippen LogP contribution in [0.4, 0.5) is 4.79 Å². The summed E-state index contributed by atoms with van der Waals surface area (Å²) in [5, 5.41) is 3.76. The van der Waals surface area contributed by atoms with Crippen LogP contribution in [-0.2, 0) is 29.1 Å². The number of nitrogens with zero attached hydrogens (tertiary/aromatic N) is 4. The van der Waals surface area contributed by atoms with Gasteiger partial charge in [0.1, 0.15) is 12.6 Å². The fourth-order valence-electron chi connectivity index (χ4n) is 6.99. The number of carbonyl (C=O) groups excluding carboxylic acids is 2. The van der Waals surface area contributed by atoms with Crippen LogP contribution in [0.15, 0.2) is 102 Å². The molecule has 2 aliphatic rings. The second-order valence-corrected chi connectivity index (χ2v) is 14.3. The Balaban J connectivity index is 1.07. The van der Waals surface area contributed by atoms with Gasteiger partial charge in [-0.1, -0.05) is 78.3 Å². The Kier molecular flexibility index (Phi) is 12.8. The van der Waals surface area contributed by atoms with Gasteiger partial charge < -0.3 is 19.9 Å². The molecule has 262 valence electrons. The quantitative estimate of drug-likeness (QED) is 0.158. The number of carbonyl (C=O) groups is 2. The normalized spacial score (nSPS) is 16.6. The molecule has 0 bridgehead atoms. The van der Waals surface area contributed by atoms with Crippen molar-refractivity contribution >= 4 is 35.4 Å². The first-order valence-corrected chi connectivity index (χ1v) is 19.1. The van der Waals surface area contributed by atoms with Crippen molar-refractivity contribution in [3.63, 3.8) is 0 Å². The number of hydrogen-bond acceptors (Lipinski definition) is 7. The first-order valence-electron chi connectivity index (χ1n) is 17.5. The summed E-state index contributed by atoms with van der Waals surface area (Å²) in [6.07, 6.45) is 5.86. The Labute approximate surface area is 305 Å². The van der Waals surface area contributed by atoms with E-state index in [0.717, 1.165) is 74.8 Å². The Morgan fingerprint density at radius 2 is 1.62 bits per heavy atom. The number of piperazine rings is 1. The summed E-state index contributed by atoms with van der Waals surface area (Å²) in [4.78, 5) is 39.8. The van der Waals surface area contributed by atoms with E-state index >= 15 is 0 Å². The molecule has 2 aliphatic heterocycles. The second kappa shape index (κ2) is 17.9. The predicted octanol–water partition coefficient (Wildman–Crippen LogP) is 7.02. The zero-order valence-corrected chi connectivity index (χ0v) is 30.2. The monoisotopic (exact) mass is 711 g/mol. The van der Waals surface area contributed by atoms with Crippen molar-refractivity contribution in [1.82, 2.24) is 25.0 Å². The number of amides is 2. The van der Waals surface area contributed by atoms with Gasteiger partial charge in [0.15, 0.2) is 0 Å². The Morgan fingerprint density at radius 3 is 2.34 bits per heavy atom. The van der Waals surface area contributed by atoms with Crippen LogP contribution in [0.25, 0.3) is 11.1 Å². The molecule has 0 unspecified atom stereocenters. The third kappa shape index (κ3) is 9.66. The van der Waals surface area contributed by atoms with E-state index in [1.54, 1.807) is 11.8 Å². The van der Waals surface area contributed by atoms with Crippen LogP contribution in [0, 0.1) is 5.92 Å². The first-order chi connectivity index (χ1) is 24.5. The molecule has 0 saturated carbocycles. The average Bonchev–Trinajstić information content (AvgIpc) is 3.16. The molecule has 0 spiro atoms. The zero-order chi connectivity index (χ0) is 34.7. The van der Waals surface area contributed by atoms with Crippen molar-refractivity contribution in [2.45, 2.75) is 43.4 Å². The van der Waals surface area contributed by atoms with Crippen LogP contribution < -0.4 is 5.32 Å². The summed E-state index contributed by atoms with van der Waals surface area (Å²) < 4.78 is 5.60. The number of nitrogens with one attached hydrogen (secondary N) is 1. The molecule has 4 aromatic rings. The third-order valence-electron chi connectivity index (χ3n) is 9.83. The van der Waals surface area contributed by atoms with E-state index in [2.05, 4.69) is 68.8 Å². The number of thioether (sulfide) groups is 1. The molecule has 0 aliphatic carbocycles. The molecule has 10 heteroatoms.